The van der Waals surface area contributed by atoms with Crippen molar-refractivity contribution in [2.24, 2.45) is 7.05 Å². The van der Waals surface area contributed by atoms with Gasteiger partial charge in [0, 0.05) is 35.8 Å². The molecule has 0 bridgehead atoms. The Kier molecular flexibility index (Phi) is 4.31. The van der Waals surface area contributed by atoms with Crippen LogP contribution in [-0.4, -0.2) is 16.3 Å². The highest BCUT2D eigenvalue weighted by molar-refractivity contribution is 6.07. The van der Waals surface area contributed by atoms with Gasteiger partial charge in [-0.2, -0.15) is 0 Å². The molecule has 28 heavy (non-hydrogen) atoms. The van der Waals surface area contributed by atoms with Gasteiger partial charge in [-0.15, -0.1) is 0 Å². The maximum Gasteiger partial charge on any atom is 0.355 e. The number of aromatic nitrogens is 1. The van der Waals surface area contributed by atoms with E-state index in [1.807, 2.05) is 30.3 Å². The van der Waals surface area contributed by atoms with Crippen LogP contribution in [0, 0.1) is 0 Å². The zero-order valence-electron chi connectivity index (χ0n) is 15.4. The van der Waals surface area contributed by atoms with Gasteiger partial charge in [0.25, 0.3) is 0 Å². The number of rotatable bonds is 4. The molecular weight excluding hydrogens is 358 g/mol. The van der Waals surface area contributed by atoms with Crippen molar-refractivity contribution in [1.29, 1.82) is 0 Å². The van der Waals surface area contributed by atoms with Crippen LogP contribution in [-0.2, 0) is 18.4 Å². The van der Waals surface area contributed by atoms with Crippen molar-refractivity contribution in [3.05, 3.63) is 82.0 Å². The fourth-order valence-corrected chi connectivity index (χ4v) is 3.31. The van der Waals surface area contributed by atoms with Gasteiger partial charge in [0.1, 0.15) is 17.9 Å². The van der Waals surface area contributed by atoms with E-state index in [0.29, 0.717) is 16.7 Å². The van der Waals surface area contributed by atoms with Crippen LogP contribution in [0.4, 0.5) is 0 Å². The average molecular weight is 375 g/mol. The number of ether oxygens (including phenoxy) is 1. The summed E-state index contributed by atoms with van der Waals surface area (Å²) in [5.74, 6) is -0.704. The van der Waals surface area contributed by atoms with E-state index in [9.17, 15) is 14.4 Å². The van der Waals surface area contributed by atoms with Gasteiger partial charge in [-0.3, -0.25) is 4.79 Å². The number of fused-ring (bicyclic) bond motifs is 3. The second-order valence-corrected chi connectivity index (χ2v) is 6.61. The van der Waals surface area contributed by atoms with Gasteiger partial charge in [0.05, 0.1) is 0 Å². The molecule has 0 aliphatic heterocycles. The highest BCUT2D eigenvalue weighted by atomic mass is 16.5. The third kappa shape index (κ3) is 3.09. The van der Waals surface area contributed by atoms with E-state index in [-0.39, 0.29) is 18.1 Å². The molecular formula is C22H17NO5. The fraction of sp³-hybridized carbons (Fsp3) is 0.136. The standard InChI is InChI=1S/C22H17NO5/c1-13(24)15-9-18(23(2)11-15)22(26)27-12-16-10-20(25)28-19-8-7-14-5-3-4-6-17(14)21(16)19/h3-11H,12H2,1-2H3. The number of esters is 1. The second kappa shape index (κ2) is 6.81. The lowest BCUT2D eigenvalue weighted by molar-refractivity contribution is 0.0462. The summed E-state index contributed by atoms with van der Waals surface area (Å²) in [5.41, 5.74) is 1.20. The van der Waals surface area contributed by atoms with E-state index in [1.165, 1.54) is 19.1 Å². The van der Waals surface area contributed by atoms with Gasteiger partial charge >= 0.3 is 11.6 Å². The third-order valence-corrected chi connectivity index (χ3v) is 4.69. The Bertz CT molecular complexity index is 1300. The fourth-order valence-electron chi connectivity index (χ4n) is 3.31. The molecule has 0 unspecified atom stereocenters. The summed E-state index contributed by atoms with van der Waals surface area (Å²) < 4.78 is 12.3. The van der Waals surface area contributed by atoms with E-state index in [2.05, 4.69) is 0 Å². The highest BCUT2D eigenvalue weighted by Gasteiger charge is 2.17. The molecule has 0 radical (unpaired) electrons. The minimum atomic E-state index is -0.573. The van der Waals surface area contributed by atoms with Crippen molar-refractivity contribution in [3.63, 3.8) is 0 Å². The molecule has 0 saturated carbocycles. The summed E-state index contributed by atoms with van der Waals surface area (Å²) in [6, 6.07) is 14.2. The molecule has 0 aliphatic rings. The van der Waals surface area contributed by atoms with Crippen LogP contribution < -0.4 is 5.63 Å². The molecule has 0 saturated heterocycles. The van der Waals surface area contributed by atoms with E-state index in [1.54, 1.807) is 23.9 Å². The van der Waals surface area contributed by atoms with Gasteiger partial charge in [0.15, 0.2) is 5.78 Å². The maximum absolute atomic E-state index is 12.5. The first kappa shape index (κ1) is 17.7. The van der Waals surface area contributed by atoms with Gasteiger partial charge in [-0.25, -0.2) is 9.59 Å². The molecule has 2 aromatic heterocycles. The summed E-state index contributed by atoms with van der Waals surface area (Å²) in [7, 11) is 1.67. The van der Waals surface area contributed by atoms with Crippen LogP contribution in [0.3, 0.4) is 0 Å². The SMILES string of the molecule is CC(=O)c1cc(C(=O)OCc2cc(=O)oc3ccc4ccccc4c23)n(C)c1. The number of Topliss-reactive ketones (excluding diaryl/α,β-unsaturated/α-hetero) is 1. The van der Waals surface area contributed by atoms with Crippen molar-refractivity contribution < 1.29 is 18.7 Å². The molecule has 2 heterocycles. The van der Waals surface area contributed by atoms with Crippen LogP contribution >= 0.6 is 0 Å². The molecule has 4 aromatic rings. The normalized spacial score (nSPS) is 11.1. The quantitative estimate of drug-likeness (QED) is 0.234. The number of carbonyl (C=O) groups excluding carboxylic acids is 2. The molecule has 4 rings (SSSR count). The van der Waals surface area contributed by atoms with Crippen LogP contribution in [0.1, 0.15) is 33.3 Å². The number of nitrogens with zero attached hydrogens (tertiary/aromatic N) is 1. The molecule has 2 aromatic carbocycles. The Labute approximate surface area is 159 Å². The van der Waals surface area contributed by atoms with Crippen molar-refractivity contribution in [3.8, 4) is 0 Å². The zero-order chi connectivity index (χ0) is 19.8. The topological polar surface area (TPSA) is 78.5 Å². The van der Waals surface area contributed by atoms with Gasteiger partial charge in [0.2, 0.25) is 0 Å². The van der Waals surface area contributed by atoms with Crippen molar-refractivity contribution in [1.82, 2.24) is 4.57 Å². The number of hydrogen-bond donors (Lipinski definition) is 0. The predicted molar refractivity (Wildman–Crippen MR) is 105 cm³/mol. The lowest BCUT2D eigenvalue weighted by Gasteiger charge is -2.10. The van der Waals surface area contributed by atoms with Gasteiger partial charge in [-0.05, 0) is 29.8 Å². The first-order chi connectivity index (χ1) is 13.4. The Morgan fingerprint density at radius 2 is 1.89 bits per heavy atom. The van der Waals surface area contributed by atoms with E-state index in [0.717, 1.165) is 16.2 Å². The first-order valence-electron chi connectivity index (χ1n) is 8.73. The molecule has 0 atom stereocenters. The highest BCUT2D eigenvalue weighted by Crippen LogP contribution is 2.28. The Morgan fingerprint density at radius 3 is 2.64 bits per heavy atom. The Morgan fingerprint density at radius 1 is 1.11 bits per heavy atom. The summed E-state index contributed by atoms with van der Waals surface area (Å²) >= 11 is 0. The van der Waals surface area contributed by atoms with Crippen LogP contribution in [0.15, 0.2) is 63.9 Å². The largest absolute Gasteiger partial charge is 0.456 e. The van der Waals surface area contributed by atoms with E-state index < -0.39 is 11.6 Å². The molecule has 0 N–H and O–H groups in total. The van der Waals surface area contributed by atoms with Crippen LogP contribution in [0.5, 0.6) is 0 Å². The summed E-state index contributed by atoms with van der Waals surface area (Å²) in [6.07, 6.45) is 1.58. The number of benzene rings is 2. The molecule has 0 aliphatic carbocycles. The maximum atomic E-state index is 12.5. The molecule has 6 heteroatoms. The van der Waals surface area contributed by atoms with Crippen molar-refractivity contribution >= 4 is 33.5 Å². The molecule has 0 amide bonds. The second-order valence-electron chi connectivity index (χ2n) is 6.61. The smallest absolute Gasteiger partial charge is 0.355 e. The van der Waals surface area contributed by atoms with E-state index >= 15 is 0 Å². The van der Waals surface area contributed by atoms with Crippen LogP contribution in [0.2, 0.25) is 0 Å². The molecule has 140 valence electrons. The molecule has 6 nitrogen and oxygen atoms in total. The molecule has 0 spiro atoms. The summed E-state index contributed by atoms with van der Waals surface area (Å²) in [6.45, 7) is 1.35. The third-order valence-electron chi connectivity index (χ3n) is 4.69. The lowest BCUT2D eigenvalue weighted by atomic mass is 10.0. The number of aryl methyl sites for hydroxylation is 1. The number of hydrogen-bond acceptors (Lipinski definition) is 5. The monoisotopic (exact) mass is 375 g/mol. The van der Waals surface area contributed by atoms with Gasteiger partial charge < -0.3 is 13.7 Å². The first-order valence-corrected chi connectivity index (χ1v) is 8.73. The summed E-state index contributed by atoms with van der Waals surface area (Å²) in [4.78, 5) is 36.0. The predicted octanol–water partition coefficient (Wildman–Crippen LogP) is 3.84. The Hall–Kier alpha value is -3.67. The van der Waals surface area contributed by atoms with Crippen molar-refractivity contribution in [2.45, 2.75) is 13.5 Å². The Balaban J connectivity index is 1.72. The minimum Gasteiger partial charge on any atom is -0.456 e. The van der Waals surface area contributed by atoms with Crippen molar-refractivity contribution in [2.75, 3.05) is 0 Å². The average Bonchev–Trinajstić information content (AvgIpc) is 3.07. The van der Waals surface area contributed by atoms with Crippen LogP contribution in [0.25, 0.3) is 21.7 Å². The lowest BCUT2D eigenvalue weighted by Crippen LogP contribution is -2.11. The zero-order valence-corrected chi connectivity index (χ0v) is 15.4. The van der Waals surface area contributed by atoms with Gasteiger partial charge in [-0.1, -0.05) is 30.3 Å². The number of carbonyl (C=O) groups is 2. The van der Waals surface area contributed by atoms with E-state index in [4.69, 9.17) is 9.15 Å². The minimum absolute atomic E-state index is 0.0878. The number of ketones is 1. The summed E-state index contributed by atoms with van der Waals surface area (Å²) in [5, 5.41) is 2.64. The molecule has 0 fully saturated rings.